The molecule has 0 heterocycles. The van der Waals surface area contributed by atoms with Crippen molar-refractivity contribution in [2.24, 2.45) is 0 Å². The van der Waals surface area contributed by atoms with Crippen LogP contribution in [0.1, 0.15) is 31.8 Å². The van der Waals surface area contributed by atoms with Crippen LogP contribution in [0.3, 0.4) is 0 Å². The average Bonchev–Trinajstić information content (AvgIpc) is 2.43. The summed E-state index contributed by atoms with van der Waals surface area (Å²) < 4.78 is 31.2. The molecular formula is C14H8AgO5S. The topological polar surface area (TPSA) is 88.5 Å². The van der Waals surface area contributed by atoms with Crippen molar-refractivity contribution in [2.75, 3.05) is 0 Å². The zero-order valence-corrected chi connectivity index (χ0v) is 12.6. The molecule has 0 aromatic heterocycles. The van der Waals surface area contributed by atoms with Crippen LogP contribution in [0.25, 0.3) is 0 Å². The molecule has 2 aromatic rings. The van der Waals surface area contributed by atoms with Gasteiger partial charge in [0.2, 0.25) is 0 Å². The molecule has 0 unspecified atom stereocenters. The van der Waals surface area contributed by atoms with Crippen molar-refractivity contribution in [1.29, 1.82) is 0 Å². The molecule has 7 heteroatoms. The zero-order chi connectivity index (χ0) is 14.5. The molecule has 0 fully saturated rings. The van der Waals surface area contributed by atoms with Crippen LogP contribution < -0.4 is 0 Å². The van der Waals surface area contributed by atoms with Crippen molar-refractivity contribution < 1.29 is 44.9 Å². The smallest absolute Gasteiger partial charge is 0.289 e. The number of hydrogen-bond acceptors (Lipinski definition) is 4. The van der Waals surface area contributed by atoms with E-state index in [1.165, 1.54) is 12.1 Å². The van der Waals surface area contributed by atoms with E-state index in [0.29, 0.717) is 5.56 Å². The van der Waals surface area contributed by atoms with Crippen molar-refractivity contribution in [3.8, 4) is 0 Å². The van der Waals surface area contributed by atoms with Gasteiger partial charge in [-0.2, -0.15) is 8.42 Å². The van der Waals surface area contributed by atoms with E-state index < -0.39 is 20.8 Å². The average molecular weight is 396 g/mol. The number of benzene rings is 2. The Labute approximate surface area is 136 Å². The van der Waals surface area contributed by atoms with Gasteiger partial charge in [0, 0.05) is 44.6 Å². The second-order valence-corrected chi connectivity index (χ2v) is 5.81. The van der Waals surface area contributed by atoms with Gasteiger partial charge in [-0.25, -0.2) is 0 Å². The quantitative estimate of drug-likeness (QED) is 0.500. The third-order valence-electron chi connectivity index (χ3n) is 3.19. The Morgan fingerprint density at radius 1 is 0.762 bits per heavy atom. The van der Waals surface area contributed by atoms with Gasteiger partial charge < -0.3 is 0 Å². The summed E-state index contributed by atoms with van der Waals surface area (Å²) in [6.07, 6.45) is 0. The molecule has 1 radical (unpaired) electrons. The Hall–Kier alpha value is -1.57. The van der Waals surface area contributed by atoms with Crippen molar-refractivity contribution in [1.82, 2.24) is 0 Å². The molecule has 21 heavy (non-hydrogen) atoms. The SMILES string of the molecule is O=C1c2ccccc2C(=O)c2cc(S(=O)(=O)O)ccc21.[Ag]. The molecule has 1 N–H and O–H groups in total. The van der Waals surface area contributed by atoms with Gasteiger partial charge in [0.25, 0.3) is 10.1 Å². The third-order valence-corrected chi connectivity index (χ3v) is 4.04. The van der Waals surface area contributed by atoms with Gasteiger partial charge in [0.05, 0.1) is 4.90 Å². The van der Waals surface area contributed by atoms with Crippen LogP contribution in [0.2, 0.25) is 0 Å². The second-order valence-electron chi connectivity index (χ2n) is 4.39. The molecule has 5 nitrogen and oxygen atoms in total. The van der Waals surface area contributed by atoms with Crippen LogP contribution in [0.4, 0.5) is 0 Å². The first kappa shape index (κ1) is 15.8. The Bertz CT molecular complexity index is 871. The van der Waals surface area contributed by atoms with Crippen molar-refractivity contribution >= 4 is 21.7 Å². The predicted molar refractivity (Wildman–Crippen MR) is 69.6 cm³/mol. The van der Waals surface area contributed by atoms with E-state index in [0.717, 1.165) is 12.1 Å². The van der Waals surface area contributed by atoms with Crippen LogP contribution in [0.15, 0.2) is 47.4 Å². The molecule has 1 aliphatic rings. The number of carbonyl (C=O) groups excluding carboxylic acids is 2. The van der Waals surface area contributed by atoms with Crippen LogP contribution in [-0.2, 0) is 32.5 Å². The molecule has 2 aromatic carbocycles. The minimum atomic E-state index is -4.42. The molecule has 0 atom stereocenters. The largest absolute Gasteiger partial charge is 0.294 e. The molecule has 0 aliphatic heterocycles. The predicted octanol–water partition coefficient (Wildman–Crippen LogP) is 1.71. The first-order valence-electron chi connectivity index (χ1n) is 5.69. The Kier molecular flexibility index (Phi) is 4.01. The van der Waals surface area contributed by atoms with Crippen LogP contribution in [-0.4, -0.2) is 24.5 Å². The van der Waals surface area contributed by atoms with E-state index in [1.807, 2.05) is 0 Å². The van der Waals surface area contributed by atoms with Crippen molar-refractivity contribution in [2.45, 2.75) is 4.90 Å². The van der Waals surface area contributed by atoms with E-state index in [2.05, 4.69) is 0 Å². The number of hydrogen-bond donors (Lipinski definition) is 1. The first-order chi connectivity index (χ1) is 9.39. The number of carbonyl (C=O) groups is 2. The fourth-order valence-corrected chi connectivity index (χ4v) is 2.75. The minimum absolute atomic E-state index is 0. The van der Waals surface area contributed by atoms with Gasteiger partial charge in [-0.15, -0.1) is 0 Å². The molecule has 0 bridgehead atoms. The van der Waals surface area contributed by atoms with E-state index in [4.69, 9.17) is 4.55 Å². The summed E-state index contributed by atoms with van der Waals surface area (Å²) in [6, 6.07) is 9.72. The monoisotopic (exact) mass is 395 g/mol. The summed E-state index contributed by atoms with van der Waals surface area (Å²) in [5.41, 5.74) is 0.659. The van der Waals surface area contributed by atoms with Gasteiger partial charge in [-0.05, 0) is 18.2 Å². The molecular weight excluding hydrogens is 388 g/mol. The van der Waals surface area contributed by atoms with Gasteiger partial charge in [0.15, 0.2) is 11.6 Å². The Balaban J connectivity index is 0.00000161. The molecule has 0 saturated carbocycles. The van der Waals surface area contributed by atoms with E-state index in [9.17, 15) is 18.0 Å². The summed E-state index contributed by atoms with van der Waals surface area (Å²) in [4.78, 5) is 24.1. The summed E-state index contributed by atoms with van der Waals surface area (Å²) >= 11 is 0. The molecule has 3 rings (SSSR count). The maximum absolute atomic E-state index is 12.3. The van der Waals surface area contributed by atoms with Gasteiger partial charge in [-0.1, -0.05) is 24.3 Å². The summed E-state index contributed by atoms with van der Waals surface area (Å²) in [7, 11) is -4.42. The van der Waals surface area contributed by atoms with E-state index >= 15 is 0 Å². The van der Waals surface area contributed by atoms with Gasteiger partial charge in [0.1, 0.15) is 0 Å². The summed E-state index contributed by atoms with van der Waals surface area (Å²) in [5, 5.41) is 0. The fourth-order valence-electron chi connectivity index (χ4n) is 2.24. The Morgan fingerprint density at radius 2 is 1.24 bits per heavy atom. The maximum Gasteiger partial charge on any atom is 0.294 e. The van der Waals surface area contributed by atoms with Crippen LogP contribution in [0, 0.1) is 0 Å². The fraction of sp³-hybridized carbons (Fsp3) is 0. The van der Waals surface area contributed by atoms with Crippen molar-refractivity contribution in [3.05, 3.63) is 64.7 Å². The maximum atomic E-state index is 12.3. The molecule has 0 spiro atoms. The van der Waals surface area contributed by atoms with Crippen LogP contribution >= 0.6 is 0 Å². The first-order valence-corrected chi connectivity index (χ1v) is 7.13. The third kappa shape index (κ3) is 2.52. The van der Waals surface area contributed by atoms with Crippen LogP contribution in [0.5, 0.6) is 0 Å². The van der Waals surface area contributed by atoms with Crippen molar-refractivity contribution in [3.63, 3.8) is 0 Å². The summed E-state index contributed by atoms with van der Waals surface area (Å²) in [6.45, 7) is 0. The molecule has 111 valence electrons. The molecule has 0 amide bonds. The molecule has 1 aliphatic carbocycles. The van der Waals surface area contributed by atoms with E-state index in [1.54, 1.807) is 18.2 Å². The van der Waals surface area contributed by atoms with Gasteiger partial charge >= 0.3 is 0 Å². The number of rotatable bonds is 1. The van der Waals surface area contributed by atoms with E-state index in [-0.39, 0.29) is 44.9 Å². The zero-order valence-electron chi connectivity index (χ0n) is 10.3. The molecule has 0 saturated heterocycles. The van der Waals surface area contributed by atoms with Gasteiger partial charge in [-0.3, -0.25) is 14.1 Å². The second kappa shape index (κ2) is 5.32. The summed E-state index contributed by atoms with van der Waals surface area (Å²) in [5.74, 6) is -0.766. The standard InChI is InChI=1S/C14H8O5S.Ag/c15-13-9-3-1-2-4-10(9)14(16)12-7-8(20(17,18)19)5-6-11(12)13;/h1-7H,(H,17,18,19);. The minimum Gasteiger partial charge on any atom is -0.289 e. The normalized spacial score (nSPS) is 13.2. The number of ketones is 2. The number of fused-ring (bicyclic) bond motifs is 2. The Morgan fingerprint density at radius 3 is 1.76 bits per heavy atom.